The summed E-state index contributed by atoms with van der Waals surface area (Å²) < 4.78 is 22.4. The zero-order valence-electron chi connectivity index (χ0n) is 8.50. The van der Waals surface area contributed by atoms with E-state index in [4.69, 9.17) is 14.0 Å². The maximum atomic E-state index is 9.78. The molecule has 2 N–H and O–H groups in total. The molecule has 1 rings (SSSR count). The fourth-order valence-corrected chi connectivity index (χ4v) is 3.89. The van der Waals surface area contributed by atoms with Gasteiger partial charge in [-0.2, -0.15) is 0 Å². The standard InChI is InChI=1S/C6H14IO5PS/c1-10-6-4(9)5(12-7(13)14)3(2-8)11-6/h3-6,8-9,14H,2,13H2,1H3/t3-,4?,5+,6+/m1/s1/i8T. The number of hydrogen-bond acceptors (Lipinski definition) is 6. The Kier molecular flexibility index (Phi) is 5.17. The Bertz CT molecular complexity index is 202. The summed E-state index contributed by atoms with van der Waals surface area (Å²) in [5.74, 6) is 0. The third kappa shape index (κ3) is 3.15. The van der Waals surface area contributed by atoms with Gasteiger partial charge in [0.05, 0.1) is 0 Å². The SMILES string of the molecule is [3H]OC[C@H]1O[C@H](OC)C(O)[C@H]1OI(P)S. The van der Waals surface area contributed by atoms with Crippen LogP contribution in [-0.2, 0) is 12.5 Å². The van der Waals surface area contributed by atoms with Gasteiger partial charge in [-0.3, -0.25) is 0 Å². The minimum absolute atomic E-state index is 0.0318. The molecule has 5 atom stereocenters. The minimum atomic E-state index is -1.82. The molecule has 5 nitrogen and oxygen atoms in total. The van der Waals surface area contributed by atoms with E-state index in [0.717, 1.165) is 0 Å². The summed E-state index contributed by atoms with van der Waals surface area (Å²) >= 11 is -1.82. The van der Waals surface area contributed by atoms with Crippen LogP contribution >= 0.6 is 35.0 Å². The van der Waals surface area contributed by atoms with Gasteiger partial charge in [-0.25, -0.2) is 0 Å². The van der Waals surface area contributed by atoms with Crippen molar-refractivity contribution in [3.63, 3.8) is 0 Å². The quantitative estimate of drug-likeness (QED) is 0.371. The van der Waals surface area contributed by atoms with Gasteiger partial charge in [-0.15, -0.1) is 0 Å². The molecule has 86 valence electrons. The van der Waals surface area contributed by atoms with Crippen LogP contribution in [0, 0.1) is 0 Å². The molecule has 8 heteroatoms. The molecule has 14 heavy (non-hydrogen) atoms. The van der Waals surface area contributed by atoms with Crippen LogP contribution in [0.4, 0.5) is 0 Å². The van der Waals surface area contributed by atoms with E-state index in [1.807, 2.05) is 0 Å². The predicted molar refractivity (Wildman–Crippen MR) is 66.4 cm³/mol. The van der Waals surface area contributed by atoms with E-state index < -0.39 is 42.9 Å². The Morgan fingerprint density at radius 3 is 3.00 bits per heavy atom. The van der Waals surface area contributed by atoms with E-state index in [1.165, 1.54) is 7.11 Å². The van der Waals surface area contributed by atoms with Crippen molar-refractivity contribution in [1.82, 2.24) is 0 Å². The van der Waals surface area contributed by atoms with Gasteiger partial charge in [0.25, 0.3) is 0 Å². The maximum absolute atomic E-state index is 9.78. The summed E-state index contributed by atoms with van der Waals surface area (Å²) in [7, 11) is 5.62. The number of aliphatic hydroxyl groups is 2. The van der Waals surface area contributed by atoms with E-state index in [0.29, 0.717) is 0 Å². The normalized spacial score (nSPS) is 39.7. The van der Waals surface area contributed by atoms with Crippen LogP contribution < -0.4 is 0 Å². The fourth-order valence-electron chi connectivity index (χ4n) is 1.25. The Hall–Kier alpha value is 1.31. The molecule has 0 radical (unpaired) electrons. The van der Waals surface area contributed by atoms with Crippen molar-refractivity contribution in [2.75, 3.05) is 13.7 Å². The Balaban J connectivity index is 2.60. The van der Waals surface area contributed by atoms with Crippen molar-refractivity contribution >= 4 is 35.0 Å². The molecule has 2 unspecified atom stereocenters. The van der Waals surface area contributed by atoms with E-state index in [2.05, 4.69) is 21.8 Å². The Morgan fingerprint density at radius 1 is 1.79 bits per heavy atom. The first-order valence-corrected chi connectivity index (χ1v) is 12.1. The number of hydrogen-bond donors (Lipinski definition) is 3. The van der Waals surface area contributed by atoms with Crippen molar-refractivity contribution in [2.24, 2.45) is 0 Å². The van der Waals surface area contributed by atoms with Crippen LogP contribution in [0.1, 0.15) is 0 Å². The van der Waals surface area contributed by atoms with E-state index in [9.17, 15) is 5.11 Å². The van der Waals surface area contributed by atoms with E-state index in [1.54, 1.807) is 0 Å². The van der Waals surface area contributed by atoms with Crippen LogP contribution in [0.5, 0.6) is 0 Å². The fraction of sp³-hybridized carbons (Fsp3) is 1.00. The first-order chi connectivity index (χ1) is 7.10. The van der Waals surface area contributed by atoms with Crippen molar-refractivity contribution in [3.05, 3.63) is 0 Å². The topological polar surface area (TPSA) is 68.2 Å². The summed E-state index contributed by atoms with van der Waals surface area (Å²) in [6, 6.07) is 0. The molecule has 0 aromatic heterocycles. The zero-order chi connectivity index (χ0) is 11.4. The predicted octanol–water partition coefficient (Wildman–Crippen LogP) is 0.152. The third-order valence-corrected chi connectivity index (χ3v) is 4.21. The van der Waals surface area contributed by atoms with Crippen molar-refractivity contribution in [2.45, 2.75) is 24.6 Å². The van der Waals surface area contributed by atoms with Gasteiger partial charge in [-0.1, -0.05) is 0 Å². The molecule has 1 saturated heterocycles. The first-order valence-electron chi connectivity index (χ1n) is 4.26. The number of thiol groups is 1. The molecule has 1 aliphatic rings. The molecule has 0 bridgehead atoms. The van der Waals surface area contributed by atoms with Gasteiger partial charge < -0.3 is 0 Å². The van der Waals surface area contributed by atoms with Gasteiger partial charge in [0.2, 0.25) is 0 Å². The second kappa shape index (κ2) is 6.15. The summed E-state index contributed by atoms with van der Waals surface area (Å²) in [6.45, 7) is 2.52. The summed E-state index contributed by atoms with van der Waals surface area (Å²) in [5, 5.41) is 14.0. The van der Waals surface area contributed by atoms with Gasteiger partial charge in [-0.05, 0) is 0 Å². The second-order valence-corrected chi connectivity index (χ2v) is 12.1. The van der Waals surface area contributed by atoms with Crippen molar-refractivity contribution < 1.29 is 22.8 Å². The van der Waals surface area contributed by atoms with Crippen LogP contribution in [0.15, 0.2) is 0 Å². The molecule has 0 aromatic rings. The molecular formula is C6H14IO5PS. The van der Waals surface area contributed by atoms with Crippen molar-refractivity contribution in [1.29, 1.82) is 1.43 Å². The van der Waals surface area contributed by atoms with E-state index in [-0.39, 0.29) is 6.61 Å². The number of rotatable bonds is 5. The van der Waals surface area contributed by atoms with Gasteiger partial charge in [0.15, 0.2) is 0 Å². The number of aliphatic hydroxyl groups excluding tert-OH is 2. The summed E-state index contributed by atoms with van der Waals surface area (Å²) in [6.07, 6.45) is -2.64. The van der Waals surface area contributed by atoms with Crippen LogP contribution in [0.2, 0.25) is 0 Å². The van der Waals surface area contributed by atoms with E-state index >= 15 is 0 Å². The van der Waals surface area contributed by atoms with Gasteiger partial charge >= 0.3 is 97.5 Å². The average molecular weight is 358 g/mol. The summed E-state index contributed by atoms with van der Waals surface area (Å²) in [4.78, 5) is 0. The summed E-state index contributed by atoms with van der Waals surface area (Å²) in [5.41, 5.74) is 0. The second-order valence-electron chi connectivity index (χ2n) is 2.75. The first kappa shape index (κ1) is 11.8. The molecule has 0 spiro atoms. The van der Waals surface area contributed by atoms with Crippen LogP contribution in [0.3, 0.4) is 0 Å². The monoisotopic (exact) mass is 358 g/mol. The molecule has 0 aromatic carbocycles. The van der Waals surface area contributed by atoms with Crippen LogP contribution in [0.25, 0.3) is 0 Å². The average Bonchev–Trinajstić information content (AvgIpc) is 2.46. The number of methoxy groups -OCH3 is 1. The molecule has 0 amide bonds. The van der Waals surface area contributed by atoms with Gasteiger partial charge in [0, 0.05) is 0 Å². The Labute approximate surface area is 97.3 Å². The molecule has 0 aliphatic carbocycles. The zero-order valence-corrected chi connectivity index (χ0v) is 11.7. The number of halogens is 1. The molecule has 0 saturated carbocycles. The molecular weight excluding hydrogens is 342 g/mol. The molecule has 1 fully saturated rings. The van der Waals surface area contributed by atoms with Gasteiger partial charge in [0.1, 0.15) is 0 Å². The van der Waals surface area contributed by atoms with Crippen molar-refractivity contribution in [3.8, 4) is 0 Å². The Morgan fingerprint density at radius 2 is 2.50 bits per heavy atom. The molecule has 1 heterocycles. The molecule has 1 aliphatic heterocycles. The third-order valence-electron chi connectivity index (χ3n) is 1.88. The number of ether oxygens (including phenoxy) is 2. The van der Waals surface area contributed by atoms with Crippen LogP contribution in [-0.4, -0.2) is 50.0 Å².